The van der Waals surface area contributed by atoms with Gasteiger partial charge >= 0.3 is 0 Å². The lowest BCUT2D eigenvalue weighted by molar-refractivity contribution is -0.120. The molecule has 1 heterocycles. The van der Waals surface area contributed by atoms with E-state index in [0.29, 0.717) is 5.75 Å². The third kappa shape index (κ3) is 5.55. The van der Waals surface area contributed by atoms with Crippen LogP contribution >= 0.6 is 0 Å². The number of hydrogen-bond acceptors (Lipinski definition) is 5. The van der Waals surface area contributed by atoms with E-state index < -0.39 is 22.0 Å². The van der Waals surface area contributed by atoms with Crippen LogP contribution in [0.3, 0.4) is 0 Å². The number of aryl methyl sites for hydroxylation is 1. The second-order valence-corrected chi connectivity index (χ2v) is 8.83. The summed E-state index contributed by atoms with van der Waals surface area (Å²) < 4.78 is 41.8. The third-order valence-electron chi connectivity index (χ3n) is 4.85. The van der Waals surface area contributed by atoms with E-state index in [2.05, 4.69) is 4.40 Å². The summed E-state index contributed by atoms with van der Waals surface area (Å²) in [7, 11) is -2.39. The number of pyridine rings is 1. The van der Waals surface area contributed by atoms with Gasteiger partial charge in [0.15, 0.2) is 0 Å². The summed E-state index contributed by atoms with van der Waals surface area (Å²) in [6, 6.07) is 16.0. The van der Waals surface area contributed by atoms with Gasteiger partial charge in [-0.05, 0) is 55.8 Å². The van der Waals surface area contributed by atoms with Crippen LogP contribution in [0.25, 0.3) is 0 Å². The molecule has 1 aromatic heterocycles. The smallest absolute Gasteiger partial charge is 0.284 e. The Hall–Kier alpha value is -3.59. The zero-order valence-corrected chi connectivity index (χ0v) is 18.9. The predicted molar refractivity (Wildman–Crippen MR) is 120 cm³/mol. The van der Waals surface area contributed by atoms with Gasteiger partial charge in [-0.15, -0.1) is 4.40 Å². The maximum absolute atomic E-state index is 12.8. The van der Waals surface area contributed by atoms with Crippen LogP contribution in [0.2, 0.25) is 0 Å². The van der Waals surface area contributed by atoms with Gasteiger partial charge in [-0.3, -0.25) is 4.79 Å². The standard InChI is InChI=1S/C23H25N3O5S/c1-16-4-11-21(12-5-16)32(28,29)25-22-13-10-20(14-26(22)17(2)23(24)27)31-15-18-6-8-19(30-3)9-7-18/h4-14,17H,15H2,1-3H3,(H2,24,27)/b25-22+. The van der Waals surface area contributed by atoms with E-state index in [9.17, 15) is 13.2 Å². The number of nitrogens with two attached hydrogens (primary N) is 1. The molecule has 2 N–H and O–H groups in total. The molecule has 1 amide bonds. The Morgan fingerprint density at radius 3 is 2.25 bits per heavy atom. The number of methoxy groups -OCH3 is 1. The van der Waals surface area contributed by atoms with Crippen molar-refractivity contribution in [2.75, 3.05) is 7.11 Å². The van der Waals surface area contributed by atoms with Crippen LogP contribution in [0.4, 0.5) is 0 Å². The summed E-state index contributed by atoms with van der Waals surface area (Å²) in [6.07, 6.45) is 1.52. The molecule has 8 nitrogen and oxygen atoms in total. The first kappa shape index (κ1) is 23.1. The van der Waals surface area contributed by atoms with Crippen LogP contribution in [0.5, 0.6) is 11.5 Å². The summed E-state index contributed by atoms with van der Waals surface area (Å²) >= 11 is 0. The summed E-state index contributed by atoms with van der Waals surface area (Å²) in [5.41, 5.74) is 7.37. The van der Waals surface area contributed by atoms with Crippen LogP contribution in [-0.4, -0.2) is 26.0 Å². The molecule has 1 unspecified atom stereocenters. The Labute approximate surface area is 187 Å². The average molecular weight is 456 g/mol. The summed E-state index contributed by atoms with van der Waals surface area (Å²) in [6.45, 7) is 3.70. The number of benzene rings is 2. The van der Waals surface area contributed by atoms with E-state index in [4.69, 9.17) is 15.2 Å². The highest BCUT2D eigenvalue weighted by Crippen LogP contribution is 2.17. The SMILES string of the molecule is COc1ccc(COc2cc/c(=N\S(=O)(=O)c3ccc(C)cc3)n(C(C)C(N)=O)c2)cc1. The van der Waals surface area contributed by atoms with Crippen LogP contribution in [0.1, 0.15) is 24.1 Å². The van der Waals surface area contributed by atoms with Gasteiger partial charge in [0.25, 0.3) is 10.0 Å². The van der Waals surface area contributed by atoms with Gasteiger partial charge in [0.1, 0.15) is 29.6 Å². The number of rotatable bonds is 8. The van der Waals surface area contributed by atoms with E-state index in [1.165, 1.54) is 29.0 Å². The molecule has 0 fully saturated rings. The first-order chi connectivity index (χ1) is 15.2. The van der Waals surface area contributed by atoms with Crippen LogP contribution < -0.4 is 20.7 Å². The van der Waals surface area contributed by atoms with Gasteiger partial charge in [0.2, 0.25) is 5.91 Å². The molecule has 9 heteroatoms. The van der Waals surface area contributed by atoms with Gasteiger partial charge in [-0.1, -0.05) is 29.8 Å². The van der Waals surface area contributed by atoms with Crippen molar-refractivity contribution >= 4 is 15.9 Å². The highest BCUT2D eigenvalue weighted by Gasteiger charge is 2.16. The van der Waals surface area contributed by atoms with Crippen LogP contribution in [0, 0.1) is 6.92 Å². The second kappa shape index (κ2) is 9.69. The minimum absolute atomic E-state index is 0.0567. The molecule has 1 atom stereocenters. The van der Waals surface area contributed by atoms with Crippen LogP contribution in [0.15, 0.2) is 76.2 Å². The molecule has 0 radical (unpaired) electrons. The monoisotopic (exact) mass is 455 g/mol. The van der Waals surface area contributed by atoms with Crippen LogP contribution in [-0.2, 0) is 21.4 Å². The van der Waals surface area contributed by atoms with E-state index in [1.807, 2.05) is 31.2 Å². The molecule has 3 aromatic rings. The quantitative estimate of drug-likeness (QED) is 0.561. The Morgan fingerprint density at radius 2 is 1.66 bits per heavy atom. The van der Waals surface area contributed by atoms with Gasteiger partial charge in [0, 0.05) is 6.20 Å². The fourth-order valence-electron chi connectivity index (χ4n) is 2.87. The number of carbonyl (C=O) groups excluding carboxylic acids is 1. The number of sulfonamides is 1. The predicted octanol–water partition coefficient (Wildman–Crippen LogP) is 2.72. The van der Waals surface area contributed by atoms with Gasteiger partial charge < -0.3 is 19.8 Å². The molecule has 0 aliphatic heterocycles. The summed E-state index contributed by atoms with van der Waals surface area (Å²) in [5, 5.41) is 0. The van der Waals surface area contributed by atoms with Crippen molar-refractivity contribution in [1.29, 1.82) is 0 Å². The maximum Gasteiger partial charge on any atom is 0.284 e. The normalized spacial score (nSPS) is 12.9. The van der Waals surface area contributed by atoms with Crippen molar-refractivity contribution in [1.82, 2.24) is 4.57 Å². The number of aromatic nitrogens is 1. The summed E-state index contributed by atoms with van der Waals surface area (Å²) in [5.74, 6) is 0.537. The highest BCUT2D eigenvalue weighted by atomic mass is 32.2. The summed E-state index contributed by atoms with van der Waals surface area (Å²) in [4.78, 5) is 11.9. The Morgan fingerprint density at radius 1 is 1.03 bits per heavy atom. The number of ether oxygens (including phenoxy) is 2. The number of amides is 1. The molecule has 2 aromatic carbocycles. The van der Waals surface area contributed by atoms with E-state index >= 15 is 0 Å². The number of nitrogens with zero attached hydrogens (tertiary/aromatic N) is 2. The van der Waals surface area contributed by atoms with E-state index in [-0.39, 0.29) is 17.0 Å². The zero-order valence-electron chi connectivity index (χ0n) is 18.1. The fourth-order valence-corrected chi connectivity index (χ4v) is 3.86. The third-order valence-corrected chi connectivity index (χ3v) is 6.15. The van der Waals surface area contributed by atoms with Crippen molar-refractivity contribution in [2.45, 2.75) is 31.4 Å². The largest absolute Gasteiger partial charge is 0.497 e. The maximum atomic E-state index is 12.8. The number of carbonyl (C=O) groups is 1. The molecular formula is C23H25N3O5S. The van der Waals surface area contributed by atoms with Crippen molar-refractivity contribution in [3.8, 4) is 11.5 Å². The van der Waals surface area contributed by atoms with Crippen molar-refractivity contribution in [3.63, 3.8) is 0 Å². The molecule has 0 spiro atoms. The first-order valence-electron chi connectivity index (χ1n) is 9.84. The Kier molecular flexibility index (Phi) is 6.99. The fraction of sp³-hybridized carbons (Fsp3) is 0.217. The Balaban J connectivity index is 1.95. The highest BCUT2D eigenvalue weighted by molar-refractivity contribution is 7.90. The lowest BCUT2D eigenvalue weighted by Gasteiger charge is -2.15. The molecule has 0 bridgehead atoms. The van der Waals surface area contributed by atoms with Crippen molar-refractivity contribution in [3.05, 3.63) is 83.5 Å². The van der Waals surface area contributed by atoms with E-state index in [1.54, 1.807) is 32.2 Å². The second-order valence-electron chi connectivity index (χ2n) is 7.22. The van der Waals surface area contributed by atoms with Gasteiger partial charge in [-0.2, -0.15) is 8.42 Å². The number of hydrogen-bond donors (Lipinski definition) is 1. The minimum Gasteiger partial charge on any atom is -0.497 e. The molecule has 0 aliphatic carbocycles. The van der Waals surface area contributed by atoms with Gasteiger partial charge in [0.05, 0.1) is 12.0 Å². The van der Waals surface area contributed by atoms with Crippen molar-refractivity contribution in [2.24, 2.45) is 10.1 Å². The van der Waals surface area contributed by atoms with Gasteiger partial charge in [-0.25, -0.2) is 0 Å². The molecular weight excluding hydrogens is 430 g/mol. The molecule has 0 aliphatic rings. The van der Waals surface area contributed by atoms with Crippen molar-refractivity contribution < 1.29 is 22.7 Å². The minimum atomic E-state index is -3.99. The lowest BCUT2D eigenvalue weighted by atomic mass is 10.2. The Bertz CT molecular complexity index is 1260. The average Bonchev–Trinajstić information content (AvgIpc) is 2.78. The lowest BCUT2D eigenvalue weighted by Crippen LogP contribution is -2.32. The topological polar surface area (TPSA) is 113 Å². The zero-order chi connectivity index (χ0) is 23.3. The number of primary amides is 1. The molecule has 32 heavy (non-hydrogen) atoms. The molecule has 0 saturated heterocycles. The first-order valence-corrected chi connectivity index (χ1v) is 11.3. The molecule has 0 saturated carbocycles. The molecule has 168 valence electrons. The van der Waals surface area contributed by atoms with E-state index in [0.717, 1.165) is 16.9 Å². The molecule has 3 rings (SSSR count).